The normalized spacial score (nSPS) is 15.1. The highest BCUT2D eigenvalue weighted by atomic mass is 19.2. The number of carbonyl (C=O) groups excluding carboxylic acids is 1. The van der Waals surface area contributed by atoms with Crippen molar-refractivity contribution in [2.45, 2.75) is 6.42 Å². The molecular formula is C9H6F2O2. The zero-order chi connectivity index (χ0) is 9.42. The first-order chi connectivity index (χ1) is 6.20. The van der Waals surface area contributed by atoms with Crippen LogP contribution in [0.15, 0.2) is 12.1 Å². The number of rotatable bonds is 0. The number of hydrogen-bond donors (Lipinski definition) is 0. The highest BCUT2D eigenvalue weighted by Crippen LogP contribution is 2.21. The maximum atomic E-state index is 13.1. The molecule has 0 unspecified atom stereocenters. The molecule has 0 radical (unpaired) electrons. The third-order valence-electron chi connectivity index (χ3n) is 1.99. The number of fused-ring (bicyclic) bond motifs is 1. The summed E-state index contributed by atoms with van der Waals surface area (Å²) >= 11 is 0. The Labute approximate surface area is 73.1 Å². The summed E-state index contributed by atoms with van der Waals surface area (Å²) in [6, 6.07) is 2.43. The minimum absolute atomic E-state index is 0.233. The average Bonchev–Trinajstić information content (AvgIpc) is 2.12. The van der Waals surface area contributed by atoms with E-state index in [4.69, 9.17) is 0 Å². The van der Waals surface area contributed by atoms with E-state index in [0.717, 1.165) is 6.07 Å². The van der Waals surface area contributed by atoms with Crippen molar-refractivity contribution in [3.05, 3.63) is 34.9 Å². The van der Waals surface area contributed by atoms with Gasteiger partial charge in [0.25, 0.3) is 0 Å². The lowest BCUT2D eigenvalue weighted by atomic mass is 10.0. The van der Waals surface area contributed by atoms with E-state index >= 15 is 0 Å². The molecule has 1 aromatic rings. The van der Waals surface area contributed by atoms with E-state index in [2.05, 4.69) is 4.74 Å². The first-order valence-electron chi connectivity index (χ1n) is 3.84. The van der Waals surface area contributed by atoms with Crippen LogP contribution in [0.1, 0.15) is 15.9 Å². The minimum atomic E-state index is -1.11. The predicted octanol–water partition coefficient (Wildman–Crippen LogP) is 1.68. The molecule has 0 amide bonds. The Morgan fingerprint density at radius 1 is 1.31 bits per heavy atom. The lowest BCUT2D eigenvalue weighted by molar-refractivity contribution is 0.0472. The molecule has 4 heteroatoms. The Kier molecular flexibility index (Phi) is 1.76. The highest BCUT2D eigenvalue weighted by Gasteiger charge is 2.24. The summed E-state index contributed by atoms with van der Waals surface area (Å²) in [7, 11) is 0. The van der Waals surface area contributed by atoms with Crippen LogP contribution >= 0.6 is 0 Å². The quantitative estimate of drug-likeness (QED) is 0.573. The summed E-state index contributed by atoms with van der Waals surface area (Å²) in [5.41, 5.74) is 0.251. The van der Waals surface area contributed by atoms with Crippen LogP contribution in [-0.2, 0) is 11.2 Å². The Hall–Kier alpha value is -1.45. The second kappa shape index (κ2) is 2.80. The molecule has 1 heterocycles. The molecule has 0 aromatic heterocycles. The van der Waals surface area contributed by atoms with E-state index in [1.165, 1.54) is 6.07 Å². The van der Waals surface area contributed by atoms with Crippen LogP contribution in [0.3, 0.4) is 0 Å². The second-order valence-corrected chi connectivity index (χ2v) is 2.78. The van der Waals surface area contributed by atoms with E-state index in [0.29, 0.717) is 12.0 Å². The van der Waals surface area contributed by atoms with E-state index < -0.39 is 17.6 Å². The fourth-order valence-corrected chi connectivity index (χ4v) is 1.35. The van der Waals surface area contributed by atoms with Gasteiger partial charge in [0.2, 0.25) is 0 Å². The van der Waals surface area contributed by atoms with Crippen molar-refractivity contribution in [2.24, 2.45) is 0 Å². The average molecular weight is 184 g/mol. The van der Waals surface area contributed by atoms with E-state index in [-0.39, 0.29) is 12.2 Å². The molecule has 0 bridgehead atoms. The van der Waals surface area contributed by atoms with Gasteiger partial charge in [0.15, 0.2) is 11.6 Å². The summed E-state index contributed by atoms with van der Waals surface area (Å²) in [6.45, 7) is 0.233. The molecular weight excluding hydrogens is 178 g/mol. The van der Waals surface area contributed by atoms with Crippen LogP contribution in [0, 0.1) is 11.6 Å². The van der Waals surface area contributed by atoms with E-state index in [1.54, 1.807) is 0 Å². The van der Waals surface area contributed by atoms with Gasteiger partial charge in [-0.15, -0.1) is 0 Å². The van der Waals surface area contributed by atoms with Crippen LogP contribution in [0.25, 0.3) is 0 Å². The van der Waals surface area contributed by atoms with Gasteiger partial charge in [-0.25, -0.2) is 13.6 Å². The molecule has 1 aliphatic heterocycles. The van der Waals surface area contributed by atoms with Gasteiger partial charge >= 0.3 is 5.97 Å². The third-order valence-corrected chi connectivity index (χ3v) is 1.99. The van der Waals surface area contributed by atoms with Crippen molar-refractivity contribution >= 4 is 5.97 Å². The number of benzene rings is 1. The fourth-order valence-electron chi connectivity index (χ4n) is 1.35. The number of hydrogen-bond acceptors (Lipinski definition) is 2. The molecule has 68 valence electrons. The van der Waals surface area contributed by atoms with Crippen molar-refractivity contribution in [3.63, 3.8) is 0 Å². The zero-order valence-electron chi connectivity index (χ0n) is 6.64. The summed E-state index contributed by atoms with van der Waals surface area (Å²) in [4.78, 5) is 11.0. The highest BCUT2D eigenvalue weighted by molar-refractivity contribution is 5.92. The molecule has 1 aromatic carbocycles. The van der Waals surface area contributed by atoms with Crippen LogP contribution in [0.5, 0.6) is 0 Å². The fraction of sp³-hybridized carbons (Fsp3) is 0.222. The van der Waals surface area contributed by atoms with Crippen LogP contribution in [0.4, 0.5) is 8.78 Å². The molecule has 0 atom stereocenters. The standard InChI is InChI=1S/C9H6F2O2/c10-6-2-1-5-3-4-13-9(12)7(5)8(6)11/h1-2H,3-4H2. The maximum Gasteiger partial charge on any atom is 0.341 e. The molecule has 0 spiro atoms. The molecule has 2 rings (SSSR count). The molecule has 13 heavy (non-hydrogen) atoms. The van der Waals surface area contributed by atoms with Crippen molar-refractivity contribution in [2.75, 3.05) is 6.61 Å². The molecule has 1 aliphatic rings. The maximum absolute atomic E-state index is 13.1. The van der Waals surface area contributed by atoms with Crippen molar-refractivity contribution in [1.82, 2.24) is 0 Å². The topological polar surface area (TPSA) is 26.3 Å². The molecule has 0 saturated carbocycles. The first kappa shape index (κ1) is 8.16. The minimum Gasteiger partial charge on any atom is -0.462 e. The van der Waals surface area contributed by atoms with Crippen molar-refractivity contribution in [1.29, 1.82) is 0 Å². The molecule has 0 aliphatic carbocycles. The molecule has 0 fully saturated rings. The largest absolute Gasteiger partial charge is 0.462 e. The van der Waals surface area contributed by atoms with Gasteiger partial charge in [0, 0.05) is 6.42 Å². The molecule has 0 N–H and O–H groups in total. The molecule has 2 nitrogen and oxygen atoms in total. The van der Waals surface area contributed by atoms with Crippen molar-refractivity contribution in [3.8, 4) is 0 Å². The predicted molar refractivity (Wildman–Crippen MR) is 40.3 cm³/mol. The van der Waals surface area contributed by atoms with Gasteiger partial charge in [0.1, 0.15) is 5.56 Å². The van der Waals surface area contributed by atoms with Gasteiger partial charge < -0.3 is 4.74 Å². The Bertz CT molecular complexity index is 374. The zero-order valence-corrected chi connectivity index (χ0v) is 6.64. The molecule has 0 saturated heterocycles. The van der Waals surface area contributed by atoms with E-state index in [1.807, 2.05) is 0 Å². The monoisotopic (exact) mass is 184 g/mol. The van der Waals surface area contributed by atoms with Gasteiger partial charge in [0.05, 0.1) is 6.61 Å². The van der Waals surface area contributed by atoms with Crippen LogP contribution in [0.2, 0.25) is 0 Å². The first-order valence-corrected chi connectivity index (χ1v) is 3.84. The number of esters is 1. The smallest absolute Gasteiger partial charge is 0.341 e. The van der Waals surface area contributed by atoms with Gasteiger partial charge in [-0.1, -0.05) is 6.07 Å². The Morgan fingerprint density at radius 2 is 2.08 bits per heavy atom. The van der Waals surface area contributed by atoms with E-state index in [9.17, 15) is 13.6 Å². The number of halogens is 2. The summed E-state index contributed by atoms with van der Waals surface area (Å²) < 4.78 is 30.3. The number of cyclic esters (lactones) is 1. The SMILES string of the molecule is O=C1OCCc2ccc(F)c(F)c21. The van der Waals surface area contributed by atoms with Crippen LogP contribution < -0.4 is 0 Å². The summed E-state index contributed by atoms with van der Waals surface area (Å²) in [5, 5.41) is 0. The Morgan fingerprint density at radius 3 is 2.85 bits per heavy atom. The summed E-state index contributed by atoms with van der Waals surface area (Å²) in [6.07, 6.45) is 0.443. The number of carbonyl (C=O) groups is 1. The summed E-state index contributed by atoms with van der Waals surface area (Å²) in [5.74, 6) is -2.90. The Balaban J connectivity index is 2.65. The second-order valence-electron chi connectivity index (χ2n) is 2.78. The van der Waals surface area contributed by atoms with Gasteiger partial charge in [-0.05, 0) is 11.6 Å². The van der Waals surface area contributed by atoms with Gasteiger partial charge in [-0.3, -0.25) is 0 Å². The lowest BCUT2D eigenvalue weighted by Gasteiger charge is -2.15. The van der Waals surface area contributed by atoms with Crippen LogP contribution in [-0.4, -0.2) is 12.6 Å². The number of ether oxygens (including phenoxy) is 1. The third kappa shape index (κ3) is 1.18. The lowest BCUT2D eigenvalue weighted by Crippen LogP contribution is -2.20. The van der Waals surface area contributed by atoms with Crippen molar-refractivity contribution < 1.29 is 18.3 Å². The van der Waals surface area contributed by atoms with Gasteiger partial charge in [-0.2, -0.15) is 0 Å².